The number of nitrogens with zero attached hydrogens (tertiary/aromatic N) is 1. The molecule has 0 saturated heterocycles. The van der Waals surface area contributed by atoms with Gasteiger partial charge in [-0.05, 0) is 37.3 Å². The molecule has 0 atom stereocenters. The molecule has 1 amide bonds. The standard InChI is InChI=1S/C12H17N3O/c13-11(16)5-1-4-10-7-6-9-3-2-8-14-12(9)15-10/h6-7H,1-5,8H2,(H2,13,16)(H,14,15). The van der Waals surface area contributed by atoms with Crippen molar-refractivity contribution < 1.29 is 4.79 Å². The van der Waals surface area contributed by atoms with E-state index in [-0.39, 0.29) is 5.91 Å². The lowest BCUT2D eigenvalue weighted by atomic mass is 10.1. The van der Waals surface area contributed by atoms with Crippen LogP contribution in [0.1, 0.15) is 30.5 Å². The number of nitrogens with one attached hydrogen (secondary N) is 1. The molecule has 0 bridgehead atoms. The van der Waals surface area contributed by atoms with Gasteiger partial charge >= 0.3 is 0 Å². The molecule has 2 rings (SSSR count). The van der Waals surface area contributed by atoms with Crippen molar-refractivity contribution >= 4 is 11.7 Å². The molecule has 1 aliphatic rings. The van der Waals surface area contributed by atoms with Gasteiger partial charge in [0.25, 0.3) is 0 Å². The number of pyridine rings is 1. The maximum absolute atomic E-state index is 10.6. The largest absolute Gasteiger partial charge is 0.370 e. The lowest BCUT2D eigenvalue weighted by molar-refractivity contribution is -0.118. The molecular weight excluding hydrogens is 202 g/mol. The van der Waals surface area contributed by atoms with Gasteiger partial charge in [-0.15, -0.1) is 0 Å². The Morgan fingerprint density at radius 3 is 3.19 bits per heavy atom. The number of rotatable bonds is 4. The van der Waals surface area contributed by atoms with Crippen LogP contribution >= 0.6 is 0 Å². The molecule has 0 fully saturated rings. The second-order valence-corrected chi connectivity index (χ2v) is 4.16. The van der Waals surface area contributed by atoms with Crippen molar-refractivity contribution in [3.05, 3.63) is 23.4 Å². The summed E-state index contributed by atoms with van der Waals surface area (Å²) in [6, 6.07) is 4.18. The van der Waals surface area contributed by atoms with Crippen molar-refractivity contribution in [2.24, 2.45) is 5.73 Å². The van der Waals surface area contributed by atoms with E-state index in [4.69, 9.17) is 5.73 Å². The highest BCUT2D eigenvalue weighted by Crippen LogP contribution is 2.20. The van der Waals surface area contributed by atoms with Crippen molar-refractivity contribution in [3.63, 3.8) is 0 Å². The number of aromatic nitrogens is 1. The summed E-state index contributed by atoms with van der Waals surface area (Å²) < 4.78 is 0. The van der Waals surface area contributed by atoms with E-state index in [9.17, 15) is 4.79 Å². The number of aryl methyl sites for hydroxylation is 2. The first kappa shape index (κ1) is 10.9. The Hall–Kier alpha value is -1.58. The summed E-state index contributed by atoms with van der Waals surface area (Å²) in [4.78, 5) is 15.2. The number of hydrogen-bond donors (Lipinski definition) is 2. The minimum atomic E-state index is -0.240. The Morgan fingerprint density at radius 2 is 2.38 bits per heavy atom. The van der Waals surface area contributed by atoms with Gasteiger partial charge in [0, 0.05) is 18.7 Å². The molecule has 1 aliphatic heterocycles. The minimum absolute atomic E-state index is 0.240. The van der Waals surface area contributed by atoms with Crippen LogP contribution < -0.4 is 11.1 Å². The van der Waals surface area contributed by atoms with E-state index in [0.29, 0.717) is 6.42 Å². The topological polar surface area (TPSA) is 68.0 Å². The molecule has 86 valence electrons. The Balaban J connectivity index is 1.97. The van der Waals surface area contributed by atoms with Crippen LogP contribution in [0.2, 0.25) is 0 Å². The van der Waals surface area contributed by atoms with Crippen LogP contribution in [0.5, 0.6) is 0 Å². The van der Waals surface area contributed by atoms with Crippen LogP contribution in [0.15, 0.2) is 12.1 Å². The Kier molecular flexibility index (Phi) is 3.39. The molecule has 4 heteroatoms. The molecule has 2 heterocycles. The maximum atomic E-state index is 10.6. The number of primary amides is 1. The van der Waals surface area contributed by atoms with Gasteiger partial charge in [0.1, 0.15) is 5.82 Å². The second-order valence-electron chi connectivity index (χ2n) is 4.16. The number of amides is 1. The van der Waals surface area contributed by atoms with Gasteiger partial charge in [-0.3, -0.25) is 4.79 Å². The van der Waals surface area contributed by atoms with E-state index in [1.165, 1.54) is 12.0 Å². The molecule has 1 aromatic rings. The summed E-state index contributed by atoms with van der Waals surface area (Å²) >= 11 is 0. The first-order valence-electron chi connectivity index (χ1n) is 5.76. The summed E-state index contributed by atoms with van der Waals surface area (Å²) in [6.45, 7) is 1.00. The van der Waals surface area contributed by atoms with Crippen LogP contribution in [0.3, 0.4) is 0 Å². The molecule has 0 unspecified atom stereocenters. The third kappa shape index (κ3) is 2.72. The number of fused-ring (bicyclic) bond motifs is 1. The molecule has 0 saturated carbocycles. The third-order valence-corrected chi connectivity index (χ3v) is 2.81. The van der Waals surface area contributed by atoms with Crippen LogP contribution in [-0.2, 0) is 17.6 Å². The molecule has 16 heavy (non-hydrogen) atoms. The lowest BCUT2D eigenvalue weighted by Gasteiger charge is -2.17. The quantitative estimate of drug-likeness (QED) is 0.800. The molecule has 3 N–H and O–H groups in total. The van der Waals surface area contributed by atoms with Gasteiger partial charge in [0.2, 0.25) is 5.91 Å². The molecule has 1 aromatic heterocycles. The average molecular weight is 219 g/mol. The van der Waals surface area contributed by atoms with Gasteiger partial charge < -0.3 is 11.1 Å². The van der Waals surface area contributed by atoms with Crippen LogP contribution in [0.25, 0.3) is 0 Å². The van der Waals surface area contributed by atoms with Crippen molar-refractivity contribution in [1.82, 2.24) is 4.98 Å². The van der Waals surface area contributed by atoms with Crippen molar-refractivity contribution in [2.45, 2.75) is 32.1 Å². The normalized spacial score (nSPS) is 14.0. The monoisotopic (exact) mass is 219 g/mol. The van der Waals surface area contributed by atoms with Crippen molar-refractivity contribution in [2.75, 3.05) is 11.9 Å². The SMILES string of the molecule is NC(=O)CCCc1ccc2c(n1)NCCC2. The molecule has 0 radical (unpaired) electrons. The van der Waals surface area contributed by atoms with E-state index in [2.05, 4.69) is 16.4 Å². The number of hydrogen-bond acceptors (Lipinski definition) is 3. The number of carbonyl (C=O) groups excluding carboxylic acids is 1. The number of anilines is 1. The molecule has 0 spiro atoms. The number of nitrogens with two attached hydrogens (primary N) is 1. The second kappa shape index (κ2) is 4.96. The van der Waals surface area contributed by atoms with Crippen LogP contribution in [-0.4, -0.2) is 17.4 Å². The van der Waals surface area contributed by atoms with E-state index in [1.807, 2.05) is 6.07 Å². The molecule has 4 nitrogen and oxygen atoms in total. The summed E-state index contributed by atoms with van der Waals surface area (Å²) in [5.74, 6) is 0.777. The summed E-state index contributed by atoms with van der Waals surface area (Å²) in [7, 11) is 0. The van der Waals surface area contributed by atoms with Gasteiger partial charge in [0.05, 0.1) is 0 Å². The fourth-order valence-corrected chi connectivity index (χ4v) is 1.95. The number of carbonyl (C=O) groups is 1. The van der Waals surface area contributed by atoms with E-state index >= 15 is 0 Å². The Bertz CT molecular complexity index is 390. The maximum Gasteiger partial charge on any atom is 0.217 e. The lowest BCUT2D eigenvalue weighted by Crippen LogP contribution is -2.14. The first-order valence-corrected chi connectivity index (χ1v) is 5.76. The Morgan fingerprint density at radius 1 is 1.50 bits per heavy atom. The highest BCUT2D eigenvalue weighted by atomic mass is 16.1. The van der Waals surface area contributed by atoms with E-state index in [1.54, 1.807) is 0 Å². The molecular formula is C12H17N3O. The van der Waals surface area contributed by atoms with Gasteiger partial charge in [0.15, 0.2) is 0 Å². The molecule has 0 aliphatic carbocycles. The zero-order valence-corrected chi connectivity index (χ0v) is 9.33. The smallest absolute Gasteiger partial charge is 0.217 e. The summed E-state index contributed by atoms with van der Waals surface area (Å²) in [5.41, 5.74) is 7.43. The highest BCUT2D eigenvalue weighted by molar-refractivity contribution is 5.73. The fraction of sp³-hybridized carbons (Fsp3) is 0.500. The Labute approximate surface area is 95.3 Å². The average Bonchev–Trinajstić information content (AvgIpc) is 2.28. The van der Waals surface area contributed by atoms with E-state index < -0.39 is 0 Å². The predicted molar refractivity (Wildman–Crippen MR) is 63.2 cm³/mol. The van der Waals surface area contributed by atoms with Gasteiger partial charge in [-0.25, -0.2) is 4.98 Å². The zero-order chi connectivity index (χ0) is 11.4. The molecule has 0 aromatic carbocycles. The minimum Gasteiger partial charge on any atom is -0.370 e. The van der Waals surface area contributed by atoms with E-state index in [0.717, 1.165) is 37.3 Å². The summed E-state index contributed by atoms with van der Waals surface area (Å²) in [5, 5.41) is 3.30. The van der Waals surface area contributed by atoms with Gasteiger partial charge in [-0.1, -0.05) is 6.07 Å². The first-order chi connectivity index (χ1) is 7.75. The van der Waals surface area contributed by atoms with Gasteiger partial charge in [-0.2, -0.15) is 0 Å². The fourth-order valence-electron chi connectivity index (χ4n) is 1.95. The van der Waals surface area contributed by atoms with Crippen molar-refractivity contribution in [1.29, 1.82) is 0 Å². The predicted octanol–water partition coefficient (Wildman–Crippen LogP) is 1.25. The van der Waals surface area contributed by atoms with Crippen molar-refractivity contribution in [3.8, 4) is 0 Å². The zero-order valence-electron chi connectivity index (χ0n) is 9.33. The summed E-state index contributed by atoms with van der Waals surface area (Å²) in [6.07, 6.45) is 4.32. The van der Waals surface area contributed by atoms with Crippen LogP contribution in [0.4, 0.5) is 5.82 Å². The van der Waals surface area contributed by atoms with Crippen LogP contribution in [0, 0.1) is 0 Å². The third-order valence-electron chi connectivity index (χ3n) is 2.81. The highest BCUT2D eigenvalue weighted by Gasteiger charge is 2.10.